The first-order valence-corrected chi connectivity index (χ1v) is 16.0. The lowest BCUT2D eigenvalue weighted by Crippen LogP contribution is -2.14. The van der Waals surface area contributed by atoms with Crippen molar-refractivity contribution in [2.75, 3.05) is 0 Å². The molecule has 0 saturated heterocycles. The third-order valence-electron chi connectivity index (χ3n) is 9.88. The summed E-state index contributed by atoms with van der Waals surface area (Å²) in [6.45, 7) is 4.60. The predicted octanol–water partition coefficient (Wildman–Crippen LogP) is 10.5. The number of benzene rings is 6. The Bertz CT molecular complexity index is 2720. The van der Waals surface area contributed by atoms with Gasteiger partial charge in [-0.2, -0.15) is 9.97 Å². The summed E-state index contributed by atoms with van der Waals surface area (Å²) in [5.74, 6) is 1.80. The summed E-state index contributed by atoms with van der Waals surface area (Å²) in [6.07, 6.45) is 0. The van der Waals surface area contributed by atoms with Crippen molar-refractivity contribution in [3.8, 4) is 39.9 Å². The second-order valence-corrected chi connectivity index (χ2v) is 12.9. The van der Waals surface area contributed by atoms with Crippen molar-refractivity contribution in [1.82, 2.24) is 19.5 Å². The van der Waals surface area contributed by atoms with Gasteiger partial charge in [-0.05, 0) is 46.5 Å². The molecule has 0 atom stereocenters. The Kier molecular flexibility index (Phi) is 5.28. The van der Waals surface area contributed by atoms with Crippen molar-refractivity contribution in [1.29, 1.82) is 0 Å². The number of furan rings is 1. The molecule has 0 N–H and O–H groups in total. The minimum absolute atomic E-state index is 0.0785. The van der Waals surface area contributed by atoms with Crippen molar-refractivity contribution in [3.05, 3.63) is 145 Å². The van der Waals surface area contributed by atoms with Gasteiger partial charge in [0.25, 0.3) is 0 Å². The molecule has 6 aromatic carbocycles. The van der Waals surface area contributed by atoms with E-state index >= 15 is 0 Å². The van der Waals surface area contributed by atoms with Crippen LogP contribution in [0, 0.1) is 0 Å². The molecular weight excluding hydrogens is 576 g/mol. The zero-order valence-electron chi connectivity index (χ0n) is 25.9. The van der Waals surface area contributed by atoms with E-state index in [0.717, 1.165) is 54.9 Å². The van der Waals surface area contributed by atoms with Gasteiger partial charge in [0.1, 0.15) is 11.1 Å². The molecule has 3 aromatic heterocycles. The molecule has 222 valence electrons. The summed E-state index contributed by atoms with van der Waals surface area (Å²) < 4.78 is 8.75. The first kappa shape index (κ1) is 26.2. The lowest BCUT2D eigenvalue weighted by atomic mass is 9.82. The Morgan fingerprint density at radius 1 is 0.532 bits per heavy atom. The number of aromatic nitrogens is 4. The molecule has 1 aliphatic rings. The Morgan fingerprint density at radius 2 is 1.21 bits per heavy atom. The van der Waals surface area contributed by atoms with Crippen LogP contribution >= 0.6 is 0 Å². The highest BCUT2D eigenvalue weighted by atomic mass is 16.3. The summed E-state index contributed by atoms with van der Waals surface area (Å²) in [6, 6.07) is 46.5. The first-order chi connectivity index (χ1) is 23.1. The molecule has 0 aliphatic heterocycles. The van der Waals surface area contributed by atoms with Gasteiger partial charge in [0.05, 0.1) is 5.52 Å². The maximum atomic E-state index is 6.60. The van der Waals surface area contributed by atoms with Crippen LogP contribution in [0.2, 0.25) is 0 Å². The van der Waals surface area contributed by atoms with Crippen LogP contribution < -0.4 is 0 Å². The van der Waals surface area contributed by atoms with Crippen molar-refractivity contribution >= 4 is 43.7 Å². The maximum absolute atomic E-state index is 6.60. The molecule has 3 heterocycles. The lowest BCUT2D eigenvalue weighted by Gasteiger charge is -2.21. The van der Waals surface area contributed by atoms with Crippen LogP contribution in [0.1, 0.15) is 25.0 Å². The molecule has 1 aliphatic carbocycles. The molecule has 0 fully saturated rings. The summed E-state index contributed by atoms with van der Waals surface area (Å²) in [5, 5.41) is 4.36. The summed E-state index contributed by atoms with van der Waals surface area (Å²) in [5.41, 5.74) is 10.6. The predicted molar refractivity (Wildman–Crippen MR) is 190 cm³/mol. The molecule has 5 nitrogen and oxygen atoms in total. The molecule has 0 spiro atoms. The number of para-hydroxylation sites is 2. The second-order valence-electron chi connectivity index (χ2n) is 12.9. The van der Waals surface area contributed by atoms with Gasteiger partial charge in [-0.25, -0.2) is 4.98 Å². The van der Waals surface area contributed by atoms with Gasteiger partial charge in [0.2, 0.25) is 5.95 Å². The molecule has 9 aromatic rings. The summed E-state index contributed by atoms with van der Waals surface area (Å²) in [7, 11) is 0. The maximum Gasteiger partial charge on any atom is 0.238 e. The molecule has 5 heteroatoms. The third-order valence-corrected chi connectivity index (χ3v) is 9.88. The van der Waals surface area contributed by atoms with Crippen LogP contribution in [-0.4, -0.2) is 19.5 Å². The fraction of sp³-hybridized carbons (Fsp3) is 0.0714. The van der Waals surface area contributed by atoms with E-state index in [9.17, 15) is 0 Å². The first-order valence-electron chi connectivity index (χ1n) is 16.0. The molecule has 0 amide bonds. The highest BCUT2D eigenvalue weighted by Crippen LogP contribution is 2.49. The van der Waals surface area contributed by atoms with Crippen LogP contribution in [0.4, 0.5) is 0 Å². The largest absolute Gasteiger partial charge is 0.454 e. The van der Waals surface area contributed by atoms with Gasteiger partial charge in [-0.1, -0.05) is 123 Å². The van der Waals surface area contributed by atoms with Gasteiger partial charge in [0, 0.05) is 38.1 Å². The standard InChI is InChI=1S/C42H28N4O/c1-42(2)33-17-9-6-14-27(33)32-24-26(20-23-34(32)42)40-43-39(25-12-4-3-5-13-25)44-41(45-40)46-35-18-10-7-15-28(35)30-21-22-31-29-16-8-11-19-36(29)47-38(31)37(30)46/h3-24H,1-2H3. The number of hydrogen-bond acceptors (Lipinski definition) is 4. The molecule has 0 bridgehead atoms. The molecule has 0 radical (unpaired) electrons. The minimum Gasteiger partial charge on any atom is -0.454 e. The van der Waals surface area contributed by atoms with Crippen LogP contribution in [0.15, 0.2) is 138 Å². The normalized spacial score (nSPS) is 13.5. The van der Waals surface area contributed by atoms with E-state index in [4.69, 9.17) is 19.4 Å². The van der Waals surface area contributed by atoms with Crippen molar-refractivity contribution in [2.45, 2.75) is 19.3 Å². The number of fused-ring (bicyclic) bond motifs is 10. The van der Waals surface area contributed by atoms with Crippen LogP contribution in [-0.2, 0) is 5.41 Å². The van der Waals surface area contributed by atoms with Gasteiger partial charge in [-0.3, -0.25) is 4.57 Å². The monoisotopic (exact) mass is 604 g/mol. The average molecular weight is 605 g/mol. The molecule has 0 saturated carbocycles. The SMILES string of the molecule is CC1(C)c2ccccc2-c2cc(-c3nc(-c4ccccc4)nc(-n4c5ccccc5c5ccc6c7ccccc7oc6c54)n3)ccc21. The van der Waals surface area contributed by atoms with Crippen LogP contribution in [0.5, 0.6) is 0 Å². The quantitative estimate of drug-likeness (QED) is 0.201. The van der Waals surface area contributed by atoms with E-state index in [1.165, 1.54) is 22.3 Å². The van der Waals surface area contributed by atoms with E-state index in [1.54, 1.807) is 0 Å². The number of hydrogen-bond donors (Lipinski definition) is 0. The zero-order chi connectivity index (χ0) is 31.3. The van der Waals surface area contributed by atoms with Crippen molar-refractivity contribution < 1.29 is 4.42 Å². The van der Waals surface area contributed by atoms with Gasteiger partial charge >= 0.3 is 0 Å². The van der Waals surface area contributed by atoms with Gasteiger partial charge in [0.15, 0.2) is 17.2 Å². The van der Waals surface area contributed by atoms with E-state index in [1.807, 2.05) is 42.5 Å². The molecule has 47 heavy (non-hydrogen) atoms. The highest BCUT2D eigenvalue weighted by Gasteiger charge is 2.35. The van der Waals surface area contributed by atoms with E-state index in [-0.39, 0.29) is 5.41 Å². The topological polar surface area (TPSA) is 56.7 Å². The molecular formula is C42H28N4O. The van der Waals surface area contributed by atoms with Crippen molar-refractivity contribution in [3.63, 3.8) is 0 Å². The Hall–Kier alpha value is -6.07. The zero-order valence-corrected chi connectivity index (χ0v) is 25.9. The minimum atomic E-state index is -0.0785. The highest BCUT2D eigenvalue weighted by molar-refractivity contribution is 6.21. The lowest BCUT2D eigenvalue weighted by molar-refractivity contribution is 0.660. The Balaban J connectivity index is 1.29. The summed E-state index contributed by atoms with van der Waals surface area (Å²) in [4.78, 5) is 15.5. The fourth-order valence-electron chi connectivity index (χ4n) is 7.61. The molecule has 0 unspecified atom stereocenters. The number of rotatable bonds is 3. The van der Waals surface area contributed by atoms with Gasteiger partial charge < -0.3 is 4.42 Å². The summed E-state index contributed by atoms with van der Waals surface area (Å²) >= 11 is 0. The van der Waals surface area contributed by atoms with E-state index in [0.29, 0.717) is 17.6 Å². The Labute approximate surface area is 270 Å². The van der Waals surface area contributed by atoms with Crippen LogP contribution in [0.3, 0.4) is 0 Å². The van der Waals surface area contributed by atoms with Crippen molar-refractivity contribution in [2.24, 2.45) is 0 Å². The van der Waals surface area contributed by atoms with E-state index in [2.05, 4.69) is 109 Å². The Morgan fingerprint density at radius 3 is 2.09 bits per heavy atom. The molecule has 10 rings (SSSR count). The number of nitrogens with zero attached hydrogens (tertiary/aromatic N) is 4. The fourth-order valence-corrected chi connectivity index (χ4v) is 7.61. The second kappa shape index (κ2) is 9.47. The third kappa shape index (κ3) is 3.68. The van der Waals surface area contributed by atoms with Gasteiger partial charge in [-0.15, -0.1) is 0 Å². The smallest absolute Gasteiger partial charge is 0.238 e. The van der Waals surface area contributed by atoms with Crippen LogP contribution in [0.25, 0.3) is 83.6 Å². The van der Waals surface area contributed by atoms with E-state index < -0.39 is 0 Å². The average Bonchev–Trinajstić information content (AvgIpc) is 3.74.